The van der Waals surface area contributed by atoms with Gasteiger partial charge in [-0.1, -0.05) is 0 Å². The van der Waals surface area contributed by atoms with Crippen LogP contribution in [0.3, 0.4) is 0 Å². The van der Waals surface area contributed by atoms with Crippen LogP contribution in [0.1, 0.15) is 155 Å². The first-order valence-electron chi connectivity index (χ1n) is 22.3. The molecule has 0 N–H and O–H groups in total. The van der Waals surface area contributed by atoms with E-state index in [1.165, 1.54) is 60.8 Å². The van der Waals surface area contributed by atoms with Gasteiger partial charge in [-0.3, -0.25) is 0 Å². The number of benzene rings is 2. The van der Waals surface area contributed by atoms with Crippen LogP contribution in [0.5, 0.6) is 0 Å². The Bertz CT molecular complexity index is 2150. The van der Waals surface area contributed by atoms with E-state index in [-0.39, 0.29) is 10.8 Å². The van der Waals surface area contributed by atoms with Crippen molar-refractivity contribution in [3.63, 3.8) is 0 Å². The first-order valence-corrected chi connectivity index (χ1v) is 35.6. The van der Waals surface area contributed by atoms with Crippen molar-refractivity contribution in [3.05, 3.63) is 157 Å². The maximum absolute atomic E-state index is 4.03. The van der Waals surface area contributed by atoms with Gasteiger partial charge >= 0.3 is 346 Å². The van der Waals surface area contributed by atoms with Crippen molar-refractivity contribution in [2.45, 2.75) is 153 Å². The first kappa shape index (κ1) is 40.2. The van der Waals surface area contributed by atoms with Gasteiger partial charge in [0.05, 0.1) is 0 Å². The molecular weight excluding hydrogens is 768 g/mol. The summed E-state index contributed by atoms with van der Waals surface area (Å²) in [4.78, 5) is 0. The van der Waals surface area contributed by atoms with E-state index < -0.39 is 17.4 Å². The second kappa shape index (κ2) is 14.0. The van der Waals surface area contributed by atoms with Crippen LogP contribution in [0, 0.1) is 11.8 Å². The van der Waals surface area contributed by atoms with Crippen LogP contribution in [0.4, 0.5) is 0 Å². The van der Waals surface area contributed by atoms with Crippen LogP contribution in [0.2, 0.25) is 9.26 Å². The van der Waals surface area contributed by atoms with Crippen molar-refractivity contribution in [2.75, 3.05) is 0 Å². The van der Waals surface area contributed by atoms with Crippen molar-refractivity contribution in [3.8, 4) is 0 Å². The number of rotatable bonds is 8. The molecule has 2 unspecified atom stereocenters. The fourth-order valence-electron chi connectivity index (χ4n) is 11.7. The molecule has 0 heterocycles. The van der Waals surface area contributed by atoms with Crippen LogP contribution in [0.25, 0.3) is 0 Å². The van der Waals surface area contributed by atoms with Crippen molar-refractivity contribution in [1.82, 2.24) is 0 Å². The zero-order valence-corrected chi connectivity index (χ0v) is 41.0. The average molecular weight is 838 g/mol. The van der Waals surface area contributed by atoms with Gasteiger partial charge < -0.3 is 0 Å². The Hall–Kier alpha value is -2.54. The molecule has 0 radical (unpaired) electrons. The summed E-state index contributed by atoms with van der Waals surface area (Å²) in [5.74, 6) is 1.96. The van der Waals surface area contributed by atoms with E-state index >= 15 is 0 Å². The summed E-state index contributed by atoms with van der Waals surface area (Å²) in [5.41, 5.74) is 22.7. The number of allylic oxidation sites excluding steroid dienone is 16. The second-order valence-electron chi connectivity index (χ2n) is 22.4. The van der Waals surface area contributed by atoms with Crippen LogP contribution in [-0.2, 0) is 28.2 Å². The Morgan fingerprint density at radius 1 is 0.554 bits per heavy atom. The van der Waals surface area contributed by atoms with Gasteiger partial charge in [-0.15, -0.1) is 0 Å². The molecule has 0 saturated heterocycles. The molecule has 0 amide bonds. The molecule has 0 aliphatic heterocycles. The third-order valence-electron chi connectivity index (χ3n) is 14.1. The second-order valence-corrected chi connectivity index (χ2v) is 50.6. The maximum atomic E-state index is 2.84. The van der Waals surface area contributed by atoms with Crippen molar-refractivity contribution < 1.29 is 17.4 Å². The minimum absolute atomic E-state index is 0.154. The van der Waals surface area contributed by atoms with Crippen LogP contribution >= 0.6 is 0 Å². The predicted octanol–water partition coefficient (Wildman–Crippen LogP) is 14.8. The van der Waals surface area contributed by atoms with Gasteiger partial charge in [0, 0.05) is 0 Å². The third-order valence-corrected chi connectivity index (χ3v) is 29.1. The monoisotopic (exact) mass is 836 g/mol. The minimum atomic E-state index is -4.03. The summed E-state index contributed by atoms with van der Waals surface area (Å²) in [6, 6.07) is 19.7. The Balaban J connectivity index is 1.29. The Kier molecular flexibility index (Phi) is 10.1. The molecule has 294 valence electrons. The van der Waals surface area contributed by atoms with E-state index in [0.29, 0.717) is 23.7 Å². The Labute approximate surface area is 343 Å². The normalized spacial score (nSPS) is 22.8. The van der Waals surface area contributed by atoms with Crippen LogP contribution < -0.4 is 0 Å². The summed E-state index contributed by atoms with van der Waals surface area (Å²) in [5, 5.41) is 0. The van der Waals surface area contributed by atoms with Crippen molar-refractivity contribution >= 4 is 6.88 Å². The molecular formula is C54H70SiZr. The van der Waals surface area contributed by atoms with E-state index in [1.54, 1.807) is 55.7 Å². The summed E-state index contributed by atoms with van der Waals surface area (Å²) >= 11 is -4.03. The summed E-state index contributed by atoms with van der Waals surface area (Å²) in [6.45, 7) is 26.3. The van der Waals surface area contributed by atoms with Gasteiger partial charge in [-0.2, -0.15) is 0 Å². The zero-order chi connectivity index (χ0) is 40.1. The van der Waals surface area contributed by atoms with E-state index in [0.717, 1.165) is 12.8 Å². The van der Waals surface area contributed by atoms with Gasteiger partial charge in [0.2, 0.25) is 0 Å². The van der Waals surface area contributed by atoms with Gasteiger partial charge in [-0.25, -0.2) is 0 Å². The van der Waals surface area contributed by atoms with Crippen LogP contribution in [-0.4, -0.2) is 6.88 Å². The molecule has 0 nitrogen and oxygen atoms in total. The molecule has 0 saturated carbocycles. The molecule has 0 aromatic heterocycles. The first-order chi connectivity index (χ1) is 26.2. The number of hydrogen-bond acceptors (Lipinski definition) is 0. The van der Waals surface area contributed by atoms with E-state index in [9.17, 15) is 0 Å². The molecule has 8 rings (SSSR count). The molecule has 2 atom stereocenters. The molecule has 6 aliphatic carbocycles. The number of hydrogen-bond donors (Lipinski definition) is 0. The molecule has 0 bridgehead atoms. The summed E-state index contributed by atoms with van der Waals surface area (Å²) in [7, 11) is 0. The summed E-state index contributed by atoms with van der Waals surface area (Å²) < 4.78 is 9.31. The SMILES string of the molecule is CC(C)CC1=[C]([Zr]([CH3])([CH3])(=[SiH2])[C]2=C(CC(C)C)C=C3C2=CC2=C(CCC2)C3c2ccc(C(C)(C)C)cc2)C2=CC3=C(CCC3)C(c3ccc(C(C)(C)C)cc3)C2=C1. The Morgan fingerprint density at radius 2 is 0.911 bits per heavy atom. The quantitative estimate of drug-likeness (QED) is 0.232. The predicted molar refractivity (Wildman–Crippen MR) is 243 cm³/mol. The topological polar surface area (TPSA) is 0 Å². The van der Waals surface area contributed by atoms with Gasteiger partial charge in [-0.05, 0) is 0 Å². The molecule has 2 aromatic rings. The van der Waals surface area contributed by atoms with Crippen molar-refractivity contribution in [1.29, 1.82) is 0 Å². The standard InChI is InChI=1S/2C26H31.2CH3.H2Si.Zr/c2*1-17(2)13-18-14-21-16-20-7-6-8-23(20)25(24(21)15-18)19-9-11-22(12-10-19)26(3,4)5;;;;/h2*9-12,15-17,25H,6-8,13H2,1-5H3;2*1H3;1H2;. The van der Waals surface area contributed by atoms with Crippen LogP contribution in [0.15, 0.2) is 135 Å². The van der Waals surface area contributed by atoms with Gasteiger partial charge in [0.1, 0.15) is 0 Å². The molecule has 56 heavy (non-hydrogen) atoms. The molecule has 6 aliphatic rings. The molecule has 0 fully saturated rings. The molecule has 2 heteroatoms. The third kappa shape index (κ3) is 6.93. The average Bonchev–Trinajstić information content (AvgIpc) is 3.90. The van der Waals surface area contributed by atoms with Gasteiger partial charge in [0.25, 0.3) is 0 Å². The Morgan fingerprint density at radius 3 is 1.23 bits per heavy atom. The molecule has 2 aromatic carbocycles. The summed E-state index contributed by atoms with van der Waals surface area (Å²) in [6.07, 6.45) is 20.8. The fourth-order valence-corrected chi connectivity index (χ4v) is 28.5. The van der Waals surface area contributed by atoms with Gasteiger partial charge in [0.15, 0.2) is 0 Å². The van der Waals surface area contributed by atoms with Crippen molar-refractivity contribution in [2.24, 2.45) is 11.8 Å². The molecule has 0 spiro atoms. The fraction of sp³-hybridized carbons (Fsp3) is 0.481. The number of fused-ring (bicyclic) bond motifs is 2. The van der Waals surface area contributed by atoms with E-state index in [4.69, 9.17) is 0 Å². The van der Waals surface area contributed by atoms with E-state index in [1.807, 2.05) is 6.56 Å². The zero-order valence-electron chi connectivity index (χ0n) is 37.1. The van der Waals surface area contributed by atoms with E-state index in [2.05, 4.69) is 158 Å².